The quantitative estimate of drug-likeness (QED) is 0.223. The molecule has 4 heterocycles. The lowest BCUT2D eigenvalue weighted by atomic mass is 9.34. The Bertz CT molecular complexity index is 2360. The van der Waals surface area contributed by atoms with Crippen LogP contribution in [0.15, 0.2) is 127 Å². The van der Waals surface area contributed by atoms with E-state index in [-0.39, 0.29) is 6.71 Å². The monoisotopic (exact) mass is 508 g/mol. The van der Waals surface area contributed by atoms with Crippen LogP contribution < -0.4 is 21.1 Å². The van der Waals surface area contributed by atoms with Crippen LogP contribution in [-0.4, -0.2) is 15.8 Å². The van der Waals surface area contributed by atoms with Crippen LogP contribution in [0.1, 0.15) is 0 Å². The molecule has 184 valence electrons. The first-order valence-electron chi connectivity index (χ1n) is 13.8. The summed E-state index contributed by atoms with van der Waals surface area (Å²) >= 11 is 0. The summed E-state index contributed by atoms with van der Waals surface area (Å²) in [6.45, 7) is 0.0960. The Morgan fingerprint density at radius 2 is 1.20 bits per heavy atom. The number of rotatable bonds is 1. The molecule has 0 aliphatic carbocycles. The van der Waals surface area contributed by atoms with Gasteiger partial charge in [0.05, 0.1) is 22.1 Å². The van der Waals surface area contributed by atoms with E-state index in [1.807, 2.05) is 0 Å². The fourth-order valence-electron chi connectivity index (χ4n) is 7.47. The van der Waals surface area contributed by atoms with E-state index in [2.05, 4.69) is 137 Å². The van der Waals surface area contributed by atoms with Crippen LogP contribution in [0.25, 0.3) is 55.0 Å². The molecule has 0 saturated carbocycles. The van der Waals surface area contributed by atoms with Crippen molar-refractivity contribution in [3.05, 3.63) is 127 Å². The molecular formula is C36H21BN2O. The van der Waals surface area contributed by atoms with Crippen molar-refractivity contribution >= 4 is 66.7 Å². The van der Waals surface area contributed by atoms with Crippen molar-refractivity contribution in [3.8, 4) is 22.9 Å². The Balaban J connectivity index is 1.51. The maximum atomic E-state index is 6.53. The molecule has 10 rings (SSSR count). The number of fused-ring (bicyclic) bond motifs is 11. The van der Waals surface area contributed by atoms with Gasteiger partial charge in [0.25, 0.3) is 6.71 Å². The first-order valence-corrected chi connectivity index (χ1v) is 13.8. The van der Waals surface area contributed by atoms with Gasteiger partial charge in [-0.3, -0.25) is 0 Å². The molecule has 0 N–H and O–H groups in total. The third kappa shape index (κ3) is 2.39. The molecule has 2 aliphatic heterocycles. The van der Waals surface area contributed by atoms with E-state index in [0.717, 1.165) is 11.5 Å². The maximum absolute atomic E-state index is 6.53. The Labute approximate surface area is 230 Å². The number of para-hydroxylation sites is 4. The van der Waals surface area contributed by atoms with Crippen molar-refractivity contribution in [2.75, 3.05) is 0 Å². The summed E-state index contributed by atoms with van der Waals surface area (Å²) < 4.78 is 11.5. The van der Waals surface area contributed by atoms with Gasteiger partial charge >= 0.3 is 0 Å². The largest absolute Gasteiger partial charge is 0.458 e. The SMILES string of the molecule is c1ccc(-n2c3ccccc3c3cc4c5c(c6ccccc6n5-c5cccc6c5B4c4ccccc4O6)c32)cc1. The lowest BCUT2D eigenvalue weighted by Crippen LogP contribution is -2.58. The number of hydrogen-bond acceptors (Lipinski definition) is 1. The number of ether oxygens (including phenoxy) is 1. The minimum Gasteiger partial charge on any atom is -0.458 e. The zero-order valence-corrected chi connectivity index (χ0v) is 21.5. The van der Waals surface area contributed by atoms with Crippen LogP contribution in [0, 0.1) is 0 Å². The van der Waals surface area contributed by atoms with Gasteiger partial charge in [-0.25, -0.2) is 0 Å². The number of nitrogens with zero attached hydrogens (tertiary/aromatic N) is 2. The van der Waals surface area contributed by atoms with Gasteiger partial charge in [-0.2, -0.15) is 0 Å². The minimum absolute atomic E-state index is 0.0960. The highest BCUT2D eigenvalue weighted by Gasteiger charge is 2.41. The summed E-state index contributed by atoms with van der Waals surface area (Å²) in [6.07, 6.45) is 0. The second-order valence-electron chi connectivity index (χ2n) is 10.9. The van der Waals surface area contributed by atoms with E-state index in [1.54, 1.807) is 0 Å². The Hall–Kier alpha value is -5.22. The van der Waals surface area contributed by atoms with Gasteiger partial charge in [0.1, 0.15) is 11.5 Å². The van der Waals surface area contributed by atoms with Gasteiger partial charge in [-0.1, -0.05) is 84.9 Å². The predicted molar refractivity (Wildman–Crippen MR) is 166 cm³/mol. The summed E-state index contributed by atoms with van der Waals surface area (Å²) in [5.74, 6) is 1.89. The van der Waals surface area contributed by atoms with E-state index in [4.69, 9.17) is 4.74 Å². The van der Waals surface area contributed by atoms with Gasteiger partial charge < -0.3 is 13.9 Å². The molecule has 0 spiro atoms. The molecule has 4 heteroatoms. The van der Waals surface area contributed by atoms with Crippen molar-refractivity contribution in [1.82, 2.24) is 9.13 Å². The number of benzene rings is 6. The van der Waals surface area contributed by atoms with Crippen LogP contribution in [-0.2, 0) is 0 Å². The molecule has 40 heavy (non-hydrogen) atoms. The summed E-state index contributed by atoms with van der Waals surface area (Å²) in [7, 11) is 0. The number of aromatic nitrogens is 2. The normalized spacial score (nSPS) is 13.2. The first-order chi connectivity index (χ1) is 19.9. The van der Waals surface area contributed by atoms with Crippen LogP contribution in [0.5, 0.6) is 11.5 Å². The highest BCUT2D eigenvalue weighted by molar-refractivity contribution is 6.99. The smallest absolute Gasteiger partial charge is 0.256 e. The topological polar surface area (TPSA) is 19.1 Å². The molecule has 6 aromatic carbocycles. The highest BCUT2D eigenvalue weighted by atomic mass is 16.5. The Morgan fingerprint density at radius 3 is 2.08 bits per heavy atom. The molecule has 0 atom stereocenters. The van der Waals surface area contributed by atoms with Crippen molar-refractivity contribution < 1.29 is 4.74 Å². The Kier molecular flexibility index (Phi) is 3.75. The standard InChI is InChI=1S/C36H21BN2O/c1-2-11-22(12-3-1)38-28-16-7-4-13-23(28)25-21-27-36-33(35(25)38)24-14-5-8-17-29(24)39(36)30-18-10-20-32-34(30)37(27)26-15-6-9-19-31(26)40-32/h1-21H. The van der Waals surface area contributed by atoms with Crippen LogP contribution in [0.4, 0.5) is 0 Å². The molecule has 0 radical (unpaired) electrons. The average Bonchev–Trinajstić information content (AvgIpc) is 3.53. The van der Waals surface area contributed by atoms with Crippen molar-refractivity contribution in [2.45, 2.75) is 0 Å². The van der Waals surface area contributed by atoms with E-state index in [9.17, 15) is 0 Å². The summed E-state index contributed by atoms with van der Waals surface area (Å²) in [6, 6.07) is 46.0. The predicted octanol–water partition coefficient (Wildman–Crippen LogP) is 6.82. The summed E-state index contributed by atoms with van der Waals surface area (Å²) in [5.41, 5.74) is 11.2. The first kappa shape index (κ1) is 20.7. The van der Waals surface area contributed by atoms with Crippen molar-refractivity contribution in [3.63, 3.8) is 0 Å². The van der Waals surface area contributed by atoms with E-state index in [1.165, 1.54) is 71.4 Å². The molecule has 0 bridgehead atoms. The zero-order valence-electron chi connectivity index (χ0n) is 21.5. The number of hydrogen-bond donors (Lipinski definition) is 0. The van der Waals surface area contributed by atoms with Gasteiger partial charge in [0.2, 0.25) is 0 Å². The third-order valence-corrected chi connectivity index (χ3v) is 8.95. The lowest BCUT2D eigenvalue weighted by molar-refractivity contribution is 0.487. The second-order valence-corrected chi connectivity index (χ2v) is 10.9. The summed E-state index contributed by atoms with van der Waals surface area (Å²) in [5, 5.41) is 5.14. The molecule has 0 unspecified atom stereocenters. The van der Waals surface area contributed by atoms with Gasteiger partial charge in [0, 0.05) is 32.9 Å². The fraction of sp³-hybridized carbons (Fsp3) is 0. The van der Waals surface area contributed by atoms with Crippen LogP contribution in [0.2, 0.25) is 0 Å². The van der Waals surface area contributed by atoms with Crippen molar-refractivity contribution in [2.24, 2.45) is 0 Å². The van der Waals surface area contributed by atoms with Crippen molar-refractivity contribution in [1.29, 1.82) is 0 Å². The Morgan fingerprint density at radius 1 is 0.500 bits per heavy atom. The van der Waals surface area contributed by atoms with Gasteiger partial charge in [0.15, 0.2) is 0 Å². The molecule has 0 fully saturated rings. The third-order valence-electron chi connectivity index (χ3n) is 8.95. The maximum Gasteiger partial charge on any atom is 0.256 e. The molecule has 2 aromatic heterocycles. The van der Waals surface area contributed by atoms with Crippen LogP contribution in [0.3, 0.4) is 0 Å². The van der Waals surface area contributed by atoms with Crippen LogP contribution >= 0.6 is 0 Å². The second kappa shape index (κ2) is 7.25. The molecular weight excluding hydrogens is 487 g/mol. The average molecular weight is 508 g/mol. The zero-order chi connectivity index (χ0) is 25.9. The van der Waals surface area contributed by atoms with E-state index >= 15 is 0 Å². The molecule has 3 nitrogen and oxygen atoms in total. The van der Waals surface area contributed by atoms with Gasteiger partial charge in [-0.05, 0) is 58.9 Å². The van der Waals surface area contributed by atoms with E-state index in [0.29, 0.717) is 0 Å². The summed E-state index contributed by atoms with van der Waals surface area (Å²) in [4.78, 5) is 0. The van der Waals surface area contributed by atoms with E-state index < -0.39 is 0 Å². The molecule has 0 saturated heterocycles. The van der Waals surface area contributed by atoms with Gasteiger partial charge in [-0.15, -0.1) is 0 Å². The molecule has 2 aliphatic rings. The fourth-order valence-corrected chi connectivity index (χ4v) is 7.47. The highest BCUT2D eigenvalue weighted by Crippen LogP contribution is 2.43. The lowest BCUT2D eigenvalue weighted by Gasteiger charge is -2.33. The molecule has 0 amide bonds. The minimum atomic E-state index is 0.0960. The molecule has 8 aromatic rings.